The maximum absolute atomic E-state index is 11.3. The highest BCUT2D eigenvalue weighted by molar-refractivity contribution is 5.83. The van der Waals surface area contributed by atoms with E-state index < -0.39 is 0 Å². The van der Waals surface area contributed by atoms with Gasteiger partial charge in [0.25, 0.3) is 0 Å². The Kier molecular flexibility index (Phi) is 4.51. The van der Waals surface area contributed by atoms with Crippen molar-refractivity contribution in [1.82, 2.24) is 0 Å². The number of hydrogen-bond donors (Lipinski definition) is 0. The molecule has 2 aromatic carbocycles. The van der Waals surface area contributed by atoms with Crippen LogP contribution in [0.4, 0.5) is 0 Å². The molecule has 96 valence electrons. The standard InChI is InChI=1S/C17H16O2/c1-19-17(18)13-12-16(14-8-4-2-5-9-14)15-10-6-3-7-11-15/h2-12H,13H2,1H3. The van der Waals surface area contributed by atoms with Crippen LogP contribution in [0.5, 0.6) is 0 Å². The molecule has 0 spiro atoms. The molecule has 19 heavy (non-hydrogen) atoms. The number of ether oxygens (including phenoxy) is 1. The molecule has 0 aliphatic rings. The van der Waals surface area contributed by atoms with Crippen LogP contribution in [0, 0.1) is 0 Å². The van der Waals surface area contributed by atoms with Crippen LogP contribution in [0.15, 0.2) is 66.7 Å². The second-order valence-corrected chi connectivity index (χ2v) is 4.13. The van der Waals surface area contributed by atoms with Crippen molar-refractivity contribution in [2.24, 2.45) is 0 Å². The number of carbonyl (C=O) groups excluding carboxylic acids is 1. The Morgan fingerprint density at radius 3 is 1.84 bits per heavy atom. The molecular weight excluding hydrogens is 236 g/mol. The number of carbonyl (C=O) groups is 1. The first kappa shape index (κ1) is 13.1. The van der Waals surface area contributed by atoms with Gasteiger partial charge in [-0.2, -0.15) is 0 Å². The molecule has 0 saturated heterocycles. The van der Waals surface area contributed by atoms with Gasteiger partial charge in [-0.15, -0.1) is 0 Å². The molecular formula is C17H16O2. The fourth-order valence-corrected chi connectivity index (χ4v) is 1.91. The number of esters is 1. The van der Waals surface area contributed by atoms with Crippen molar-refractivity contribution in [3.05, 3.63) is 77.9 Å². The van der Waals surface area contributed by atoms with E-state index in [9.17, 15) is 4.79 Å². The van der Waals surface area contributed by atoms with Crippen LogP contribution < -0.4 is 0 Å². The van der Waals surface area contributed by atoms with E-state index in [1.165, 1.54) is 7.11 Å². The predicted octanol–water partition coefficient (Wildman–Crippen LogP) is 3.68. The summed E-state index contributed by atoms with van der Waals surface area (Å²) in [6, 6.07) is 20.1. The van der Waals surface area contributed by atoms with Crippen molar-refractivity contribution >= 4 is 11.5 Å². The van der Waals surface area contributed by atoms with Crippen molar-refractivity contribution < 1.29 is 9.53 Å². The lowest BCUT2D eigenvalue weighted by Crippen LogP contribution is -1.98. The smallest absolute Gasteiger partial charge is 0.309 e. The summed E-state index contributed by atoms with van der Waals surface area (Å²) in [5.74, 6) is -0.232. The van der Waals surface area contributed by atoms with Crippen molar-refractivity contribution in [2.45, 2.75) is 6.42 Å². The third kappa shape index (κ3) is 3.55. The molecule has 0 aromatic heterocycles. The Balaban J connectivity index is 2.37. The van der Waals surface area contributed by atoms with Crippen molar-refractivity contribution in [1.29, 1.82) is 0 Å². The summed E-state index contributed by atoms with van der Waals surface area (Å²) in [5, 5.41) is 0. The lowest BCUT2D eigenvalue weighted by Gasteiger charge is -2.08. The molecule has 0 amide bonds. The maximum atomic E-state index is 11.3. The maximum Gasteiger partial charge on any atom is 0.309 e. The van der Waals surface area contributed by atoms with Gasteiger partial charge in [0.15, 0.2) is 0 Å². The number of rotatable bonds is 4. The summed E-state index contributed by atoms with van der Waals surface area (Å²) in [5.41, 5.74) is 3.24. The summed E-state index contributed by atoms with van der Waals surface area (Å²) < 4.78 is 4.69. The third-order valence-electron chi connectivity index (χ3n) is 2.87. The zero-order chi connectivity index (χ0) is 13.5. The molecule has 2 heteroatoms. The Bertz CT molecular complexity index is 515. The molecule has 0 N–H and O–H groups in total. The number of methoxy groups -OCH3 is 1. The SMILES string of the molecule is COC(=O)CC=C(c1ccccc1)c1ccccc1. The Morgan fingerprint density at radius 1 is 0.947 bits per heavy atom. The van der Waals surface area contributed by atoms with Crippen LogP contribution in [0.3, 0.4) is 0 Å². The van der Waals surface area contributed by atoms with Gasteiger partial charge in [-0.1, -0.05) is 66.7 Å². The average molecular weight is 252 g/mol. The second-order valence-electron chi connectivity index (χ2n) is 4.13. The molecule has 0 unspecified atom stereocenters. The molecule has 0 saturated carbocycles. The first-order valence-electron chi connectivity index (χ1n) is 6.19. The summed E-state index contributed by atoms with van der Waals surface area (Å²) in [6.45, 7) is 0. The highest BCUT2D eigenvalue weighted by Gasteiger charge is 2.05. The summed E-state index contributed by atoms with van der Waals surface area (Å²) in [4.78, 5) is 11.3. The molecule has 0 fully saturated rings. The average Bonchev–Trinajstić information content (AvgIpc) is 2.49. The lowest BCUT2D eigenvalue weighted by molar-refractivity contribution is -0.139. The monoisotopic (exact) mass is 252 g/mol. The Hall–Kier alpha value is -2.35. The fourth-order valence-electron chi connectivity index (χ4n) is 1.91. The van der Waals surface area contributed by atoms with Crippen LogP contribution in [0.2, 0.25) is 0 Å². The molecule has 0 bridgehead atoms. The van der Waals surface area contributed by atoms with Crippen molar-refractivity contribution in [3.8, 4) is 0 Å². The highest BCUT2D eigenvalue weighted by atomic mass is 16.5. The van der Waals surface area contributed by atoms with Crippen molar-refractivity contribution in [2.75, 3.05) is 7.11 Å². The van der Waals surface area contributed by atoms with Gasteiger partial charge < -0.3 is 4.74 Å². The summed E-state index contributed by atoms with van der Waals surface area (Å²) in [6.07, 6.45) is 2.19. The van der Waals surface area contributed by atoms with E-state index >= 15 is 0 Å². The molecule has 0 radical (unpaired) electrons. The largest absolute Gasteiger partial charge is 0.469 e. The minimum atomic E-state index is -0.232. The van der Waals surface area contributed by atoms with Crippen molar-refractivity contribution in [3.63, 3.8) is 0 Å². The highest BCUT2D eigenvalue weighted by Crippen LogP contribution is 2.23. The van der Waals surface area contributed by atoms with E-state index in [1.807, 2.05) is 66.7 Å². The molecule has 0 aliphatic carbocycles. The van der Waals surface area contributed by atoms with Gasteiger partial charge in [0.2, 0.25) is 0 Å². The van der Waals surface area contributed by atoms with Crippen LogP contribution in [0.1, 0.15) is 17.5 Å². The van der Waals surface area contributed by atoms with E-state index in [0.29, 0.717) is 0 Å². The van der Waals surface area contributed by atoms with Gasteiger partial charge >= 0.3 is 5.97 Å². The van der Waals surface area contributed by atoms with Gasteiger partial charge in [-0.05, 0) is 16.7 Å². The topological polar surface area (TPSA) is 26.3 Å². The minimum absolute atomic E-state index is 0.232. The van der Waals surface area contributed by atoms with Crippen LogP contribution in [0.25, 0.3) is 5.57 Å². The quantitative estimate of drug-likeness (QED) is 0.776. The van der Waals surface area contributed by atoms with E-state index in [2.05, 4.69) is 4.74 Å². The molecule has 2 aromatic rings. The van der Waals surface area contributed by atoms with Crippen LogP contribution in [-0.4, -0.2) is 13.1 Å². The fraction of sp³-hybridized carbons (Fsp3) is 0.118. The molecule has 2 rings (SSSR count). The van der Waals surface area contributed by atoms with Crippen LogP contribution in [-0.2, 0) is 9.53 Å². The van der Waals surface area contributed by atoms with Gasteiger partial charge in [0.1, 0.15) is 0 Å². The normalized spacial score (nSPS) is 9.74. The second kappa shape index (κ2) is 6.55. The van der Waals surface area contributed by atoms with Gasteiger partial charge in [0, 0.05) is 0 Å². The lowest BCUT2D eigenvalue weighted by atomic mass is 9.97. The predicted molar refractivity (Wildman–Crippen MR) is 76.6 cm³/mol. The van der Waals surface area contributed by atoms with Crippen LogP contribution >= 0.6 is 0 Å². The number of hydrogen-bond acceptors (Lipinski definition) is 2. The molecule has 0 atom stereocenters. The molecule has 0 aliphatic heterocycles. The Labute approximate surface area is 113 Å². The van der Waals surface area contributed by atoms with Gasteiger partial charge in [0.05, 0.1) is 13.5 Å². The third-order valence-corrected chi connectivity index (χ3v) is 2.87. The zero-order valence-corrected chi connectivity index (χ0v) is 10.9. The first-order valence-corrected chi connectivity index (χ1v) is 6.19. The number of benzene rings is 2. The van der Waals surface area contributed by atoms with E-state index in [0.717, 1.165) is 16.7 Å². The first-order chi connectivity index (χ1) is 9.31. The summed E-state index contributed by atoms with van der Waals surface area (Å²) in [7, 11) is 1.40. The van der Waals surface area contributed by atoms with Gasteiger partial charge in [-0.3, -0.25) is 4.79 Å². The zero-order valence-electron chi connectivity index (χ0n) is 10.9. The summed E-state index contributed by atoms with van der Waals surface area (Å²) >= 11 is 0. The van der Waals surface area contributed by atoms with E-state index in [1.54, 1.807) is 0 Å². The Morgan fingerprint density at radius 2 is 1.42 bits per heavy atom. The molecule has 2 nitrogen and oxygen atoms in total. The van der Waals surface area contributed by atoms with Gasteiger partial charge in [-0.25, -0.2) is 0 Å². The van der Waals surface area contributed by atoms with E-state index in [-0.39, 0.29) is 12.4 Å². The minimum Gasteiger partial charge on any atom is -0.469 e. The molecule has 0 heterocycles. The van der Waals surface area contributed by atoms with E-state index in [4.69, 9.17) is 0 Å².